The van der Waals surface area contributed by atoms with Crippen molar-refractivity contribution >= 4 is 27.6 Å². The van der Waals surface area contributed by atoms with E-state index in [2.05, 4.69) is 20.9 Å². The van der Waals surface area contributed by atoms with E-state index >= 15 is 0 Å². The molecule has 0 spiro atoms. The average Bonchev–Trinajstić information content (AvgIpc) is 3.24. The number of anilines is 1. The van der Waals surface area contributed by atoms with E-state index in [4.69, 9.17) is 0 Å². The van der Waals surface area contributed by atoms with Gasteiger partial charge < -0.3 is 14.5 Å². The molecule has 5 rings (SSSR count). The van der Waals surface area contributed by atoms with Crippen molar-refractivity contribution in [3.8, 4) is 6.07 Å². The summed E-state index contributed by atoms with van der Waals surface area (Å²) in [7, 11) is 1.66. The van der Waals surface area contributed by atoms with Crippen LogP contribution in [0.4, 0.5) is 18.9 Å². The van der Waals surface area contributed by atoms with Gasteiger partial charge in [-0.2, -0.15) is 18.4 Å². The van der Waals surface area contributed by atoms with Gasteiger partial charge in [0.25, 0.3) is 5.56 Å². The maximum absolute atomic E-state index is 13.0. The quantitative estimate of drug-likeness (QED) is 0.480. The lowest BCUT2D eigenvalue weighted by atomic mass is 9.94. The van der Waals surface area contributed by atoms with E-state index in [1.165, 1.54) is 10.6 Å². The number of nitriles is 1. The number of fused-ring (bicyclic) bond motifs is 2. The highest BCUT2D eigenvalue weighted by atomic mass is 19.4. The van der Waals surface area contributed by atoms with Crippen LogP contribution in [0.5, 0.6) is 0 Å². The van der Waals surface area contributed by atoms with Crippen LogP contribution in [0, 0.1) is 11.3 Å². The molecular weight excluding hydrogens is 431 g/mol. The van der Waals surface area contributed by atoms with Crippen LogP contribution in [0.25, 0.3) is 21.9 Å². The SMILES string of the molecule is Cn1c(=O)c(C#N)c(N2CCC(c3nc4ccc(C(F)(F)F)cc4[nH]3)CC2)c2ccccc21. The summed E-state index contributed by atoms with van der Waals surface area (Å²) >= 11 is 0. The number of hydrogen-bond acceptors (Lipinski definition) is 4. The monoisotopic (exact) mass is 451 g/mol. The summed E-state index contributed by atoms with van der Waals surface area (Å²) in [5.74, 6) is 0.713. The van der Waals surface area contributed by atoms with Crippen LogP contribution < -0.4 is 10.5 Å². The Balaban J connectivity index is 1.45. The highest BCUT2D eigenvalue weighted by Crippen LogP contribution is 2.35. The number of hydrogen-bond donors (Lipinski definition) is 1. The summed E-state index contributed by atoms with van der Waals surface area (Å²) in [5.41, 5.74) is 1.37. The fourth-order valence-corrected chi connectivity index (χ4v) is 4.68. The number of aromatic nitrogens is 3. The second-order valence-electron chi connectivity index (χ2n) is 8.33. The lowest BCUT2D eigenvalue weighted by Gasteiger charge is -2.34. The third kappa shape index (κ3) is 3.52. The van der Waals surface area contributed by atoms with Gasteiger partial charge in [-0.1, -0.05) is 18.2 Å². The van der Waals surface area contributed by atoms with Crippen LogP contribution in [-0.2, 0) is 13.2 Å². The first kappa shape index (κ1) is 21.1. The Bertz CT molecular complexity index is 1470. The van der Waals surface area contributed by atoms with E-state index < -0.39 is 11.7 Å². The van der Waals surface area contributed by atoms with Gasteiger partial charge in [-0.3, -0.25) is 4.79 Å². The van der Waals surface area contributed by atoms with Gasteiger partial charge in [0, 0.05) is 31.4 Å². The van der Waals surface area contributed by atoms with E-state index in [0.717, 1.165) is 23.0 Å². The van der Waals surface area contributed by atoms with Crippen molar-refractivity contribution in [3.63, 3.8) is 0 Å². The summed E-state index contributed by atoms with van der Waals surface area (Å²) < 4.78 is 40.6. The Morgan fingerprint density at radius 3 is 2.58 bits per heavy atom. The summed E-state index contributed by atoms with van der Waals surface area (Å²) in [6.07, 6.45) is -3.01. The van der Waals surface area contributed by atoms with Gasteiger partial charge in [0.1, 0.15) is 17.5 Å². The number of aryl methyl sites for hydroxylation is 1. The molecule has 2 aromatic heterocycles. The van der Waals surface area contributed by atoms with Gasteiger partial charge in [-0.15, -0.1) is 0 Å². The Morgan fingerprint density at radius 2 is 1.88 bits per heavy atom. The molecule has 1 saturated heterocycles. The first-order chi connectivity index (χ1) is 15.8. The standard InChI is InChI=1S/C24H20F3N5O/c1-31-20-5-3-2-4-16(20)21(17(13-28)23(31)33)32-10-8-14(9-11-32)22-29-18-7-6-15(24(25,26)27)12-19(18)30-22/h2-7,12,14H,8-11H2,1H3,(H,29,30). The molecule has 0 unspecified atom stereocenters. The summed E-state index contributed by atoms with van der Waals surface area (Å²) in [6.45, 7) is 1.20. The van der Waals surface area contributed by atoms with Gasteiger partial charge in [0.05, 0.1) is 27.8 Å². The lowest BCUT2D eigenvalue weighted by molar-refractivity contribution is -0.137. The molecule has 33 heavy (non-hydrogen) atoms. The molecule has 4 aromatic rings. The minimum atomic E-state index is -4.40. The molecule has 1 fully saturated rings. The van der Waals surface area contributed by atoms with Gasteiger partial charge in [-0.05, 0) is 37.1 Å². The van der Waals surface area contributed by atoms with Crippen LogP contribution in [0.1, 0.15) is 35.7 Å². The topological polar surface area (TPSA) is 77.7 Å². The zero-order chi connectivity index (χ0) is 23.3. The number of imidazole rings is 1. The Kier molecular flexibility index (Phi) is 4.89. The van der Waals surface area contributed by atoms with E-state index in [0.29, 0.717) is 48.5 Å². The van der Waals surface area contributed by atoms with Crippen molar-refractivity contribution in [1.29, 1.82) is 5.26 Å². The van der Waals surface area contributed by atoms with Crippen molar-refractivity contribution in [2.75, 3.05) is 18.0 Å². The Morgan fingerprint density at radius 1 is 1.15 bits per heavy atom. The Hall–Kier alpha value is -3.80. The predicted octanol–water partition coefficient (Wildman–Crippen LogP) is 4.69. The largest absolute Gasteiger partial charge is 0.416 e. The number of nitrogens with zero attached hydrogens (tertiary/aromatic N) is 4. The number of aromatic amines is 1. The molecule has 2 aromatic carbocycles. The average molecular weight is 451 g/mol. The van der Waals surface area contributed by atoms with Crippen LogP contribution in [-0.4, -0.2) is 27.6 Å². The smallest absolute Gasteiger partial charge is 0.370 e. The number of para-hydroxylation sites is 1. The number of H-pyrrole nitrogens is 1. The molecule has 3 heterocycles. The minimum Gasteiger partial charge on any atom is -0.370 e. The molecule has 1 aliphatic rings. The molecule has 0 aliphatic carbocycles. The molecule has 0 amide bonds. The molecule has 168 valence electrons. The van der Waals surface area contributed by atoms with Crippen LogP contribution in [0.3, 0.4) is 0 Å². The number of pyridine rings is 1. The number of nitrogens with one attached hydrogen (secondary N) is 1. The fraction of sp³-hybridized carbons (Fsp3) is 0.292. The van der Waals surface area contributed by atoms with E-state index in [-0.39, 0.29) is 17.0 Å². The normalized spacial score (nSPS) is 15.3. The maximum atomic E-state index is 13.0. The number of piperidine rings is 1. The molecular formula is C24H20F3N5O. The first-order valence-electron chi connectivity index (χ1n) is 10.6. The molecule has 0 saturated carbocycles. The number of rotatable bonds is 2. The van der Waals surface area contributed by atoms with Crippen LogP contribution in [0.15, 0.2) is 47.3 Å². The highest BCUT2D eigenvalue weighted by molar-refractivity contribution is 5.95. The molecule has 0 atom stereocenters. The third-order valence-corrected chi connectivity index (χ3v) is 6.41. The van der Waals surface area contributed by atoms with Crippen molar-refractivity contribution in [2.45, 2.75) is 24.9 Å². The molecule has 9 heteroatoms. The second kappa shape index (κ2) is 7.66. The summed E-state index contributed by atoms with van der Waals surface area (Å²) in [4.78, 5) is 22.4. The van der Waals surface area contributed by atoms with Crippen molar-refractivity contribution in [3.05, 3.63) is 69.8 Å². The van der Waals surface area contributed by atoms with E-state index in [9.17, 15) is 23.2 Å². The Labute approximate surface area is 186 Å². The van der Waals surface area contributed by atoms with E-state index in [1.807, 2.05) is 24.3 Å². The fourth-order valence-electron chi connectivity index (χ4n) is 4.68. The van der Waals surface area contributed by atoms with Gasteiger partial charge in [-0.25, -0.2) is 4.98 Å². The van der Waals surface area contributed by atoms with Crippen molar-refractivity contribution < 1.29 is 13.2 Å². The molecule has 1 aliphatic heterocycles. The first-order valence-corrected chi connectivity index (χ1v) is 10.6. The van der Waals surface area contributed by atoms with Crippen LogP contribution in [0.2, 0.25) is 0 Å². The van der Waals surface area contributed by atoms with Gasteiger partial charge >= 0.3 is 6.18 Å². The lowest BCUT2D eigenvalue weighted by Crippen LogP contribution is -2.36. The van der Waals surface area contributed by atoms with Gasteiger partial charge in [0.15, 0.2) is 0 Å². The predicted molar refractivity (Wildman–Crippen MR) is 119 cm³/mol. The maximum Gasteiger partial charge on any atom is 0.416 e. The molecule has 0 bridgehead atoms. The van der Waals surface area contributed by atoms with E-state index in [1.54, 1.807) is 7.05 Å². The number of halogens is 3. The molecule has 1 N–H and O–H groups in total. The zero-order valence-electron chi connectivity index (χ0n) is 17.8. The molecule has 0 radical (unpaired) electrons. The minimum absolute atomic E-state index is 0.0475. The number of alkyl halides is 3. The molecule has 6 nitrogen and oxygen atoms in total. The van der Waals surface area contributed by atoms with Crippen molar-refractivity contribution in [1.82, 2.24) is 14.5 Å². The second-order valence-corrected chi connectivity index (χ2v) is 8.33. The zero-order valence-corrected chi connectivity index (χ0v) is 17.8. The van der Waals surface area contributed by atoms with Gasteiger partial charge in [0.2, 0.25) is 0 Å². The summed E-state index contributed by atoms with van der Waals surface area (Å²) in [6, 6.07) is 13.1. The number of benzene rings is 2. The van der Waals surface area contributed by atoms with Crippen LogP contribution >= 0.6 is 0 Å². The van der Waals surface area contributed by atoms with Crippen molar-refractivity contribution in [2.24, 2.45) is 7.05 Å². The third-order valence-electron chi connectivity index (χ3n) is 6.41. The highest BCUT2D eigenvalue weighted by Gasteiger charge is 2.31. The summed E-state index contributed by atoms with van der Waals surface area (Å²) in [5, 5.41) is 10.6.